The van der Waals surface area contributed by atoms with Crippen LogP contribution in [0.25, 0.3) is 0 Å². The summed E-state index contributed by atoms with van der Waals surface area (Å²) in [5.41, 5.74) is 1.76. The molecule has 1 aliphatic rings. The van der Waals surface area contributed by atoms with Crippen LogP contribution in [0.5, 0.6) is 0 Å². The summed E-state index contributed by atoms with van der Waals surface area (Å²) in [7, 11) is 4.10. The summed E-state index contributed by atoms with van der Waals surface area (Å²) in [4.78, 5) is 24.2. The largest absolute Gasteiger partial charge is 0.342 e. The van der Waals surface area contributed by atoms with Gasteiger partial charge in [0, 0.05) is 24.3 Å². The van der Waals surface area contributed by atoms with Crippen LogP contribution in [0.1, 0.15) is 36.9 Å². The van der Waals surface area contributed by atoms with Gasteiger partial charge in [0.2, 0.25) is 5.95 Å². The molecule has 1 saturated heterocycles. The van der Waals surface area contributed by atoms with Gasteiger partial charge in [0.05, 0.1) is 0 Å². The van der Waals surface area contributed by atoms with Gasteiger partial charge >= 0.3 is 0 Å². The van der Waals surface area contributed by atoms with E-state index in [9.17, 15) is 4.79 Å². The number of H-pyrrole nitrogens is 1. The molecule has 1 fully saturated rings. The zero-order chi connectivity index (χ0) is 14.5. The molecule has 2 heterocycles. The van der Waals surface area contributed by atoms with Crippen LogP contribution >= 0.6 is 0 Å². The van der Waals surface area contributed by atoms with Gasteiger partial charge in [-0.05, 0) is 59.7 Å². The van der Waals surface area contributed by atoms with Gasteiger partial charge in [0.15, 0.2) is 0 Å². The van der Waals surface area contributed by atoms with Crippen molar-refractivity contribution in [3.05, 3.63) is 21.6 Å². The molecule has 0 bridgehead atoms. The maximum absolute atomic E-state index is 12.2. The second kappa shape index (κ2) is 6.88. The van der Waals surface area contributed by atoms with Crippen LogP contribution in [0.4, 0.5) is 5.95 Å². The van der Waals surface area contributed by atoms with Crippen molar-refractivity contribution in [2.24, 2.45) is 0 Å². The number of aromatic nitrogens is 2. The van der Waals surface area contributed by atoms with Crippen molar-refractivity contribution in [1.82, 2.24) is 14.9 Å². The molecule has 1 aromatic heterocycles. The molecular weight excluding hydrogens is 252 g/mol. The Morgan fingerprint density at radius 1 is 1.25 bits per heavy atom. The summed E-state index contributed by atoms with van der Waals surface area (Å²) < 4.78 is 0. The van der Waals surface area contributed by atoms with Crippen molar-refractivity contribution in [2.75, 3.05) is 38.6 Å². The Morgan fingerprint density at radius 2 is 1.95 bits per heavy atom. The smallest absolute Gasteiger partial charge is 0.255 e. The van der Waals surface area contributed by atoms with Crippen LogP contribution < -0.4 is 10.5 Å². The molecule has 0 aromatic carbocycles. The second-order valence-electron chi connectivity index (χ2n) is 5.91. The molecule has 0 saturated carbocycles. The number of anilines is 1. The fraction of sp³-hybridized carbons (Fsp3) is 0.733. The summed E-state index contributed by atoms with van der Waals surface area (Å²) in [5.74, 6) is 0.753. The van der Waals surface area contributed by atoms with E-state index >= 15 is 0 Å². The number of nitrogens with one attached hydrogen (secondary N) is 1. The highest BCUT2D eigenvalue weighted by Gasteiger charge is 2.15. The zero-order valence-corrected chi connectivity index (χ0v) is 12.9. The molecule has 0 radical (unpaired) electrons. The summed E-state index contributed by atoms with van der Waals surface area (Å²) in [6, 6.07) is 0. The summed E-state index contributed by atoms with van der Waals surface area (Å²) >= 11 is 0. The van der Waals surface area contributed by atoms with E-state index in [0.29, 0.717) is 0 Å². The van der Waals surface area contributed by atoms with E-state index in [0.717, 1.165) is 49.7 Å². The predicted octanol–water partition coefficient (Wildman–Crippen LogP) is 1.56. The first kappa shape index (κ1) is 15.0. The number of nitrogens with zero attached hydrogens (tertiary/aromatic N) is 3. The topological polar surface area (TPSA) is 52.2 Å². The number of hydrogen-bond donors (Lipinski definition) is 1. The average Bonchev–Trinajstić information content (AvgIpc) is 2.42. The second-order valence-corrected chi connectivity index (χ2v) is 5.91. The van der Waals surface area contributed by atoms with Gasteiger partial charge in [0.25, 0.3) is 5.56 Å². The lowest BCUT2D eigenvalue weighted by Gasteiger charge is -2.27. The van der Waals surface area contributed by atoms with Crippen LogP contribution in [0, 0.1) is 6.92 Å². The van der Waals surface area contributed by atoms with Crippen molar-refractivity contribution in [3.63, 3.8) is 0 Å². The number of aromatic amines is 1. The molecule has 20 heavy (non-hydrogen) atoms. The minimum absolute atomic E-state index is 0.0387. The Bertz CT molecular complexity index is 489. The number of hydrogen-bond acceptors (Lipinski definition) is 4. The average molecular weight is 278 g/mol. The third-order valence-corrected chi connectivity index (χ3v) is 3.90. The summed E-state index contributed by atoms with van der Waals surface area (Å²) in [6.07, 6.45) is 5.44. The van der Waals surface area contributed by atoms with Gasteiger partial charge in [-0.25, -0.2) is 4.98 Å². The molecule has 0 spiro atoms. The number of rotatable bonds is 5. The van der Waals surface area contributed by atoms with Gasteiger partial charge < -0.3 is 9.80 Å². The van der Waals surface area contributed by atoms with Crippen molar-refractivity contribution < 1.29 is 0 Å². The molecule has 5 nitrogen and oxygen atoms in total. The Hall–Kier alpha value is -1.36. The van der Waals surface area contributed by atoms with Crippen LogP contribution in [-0.2, 0) is 6.42 Å². The number of aryl methyl sites for hydroxylation is 1. The normalized spacial score (nSPS) is 15.9. The first-order valence-electron chi connectivity index (χ1n) is 7.57. The molecule has 5 heteroatoms. The summed E-state index contributed by atoms with van der Waals surface area (Å²) in [5, 5.41) is 0. The predicted molar refractivity (Wildman–Crippen MR) is 82.5 cm³/mol. The van der Waals surface area contributed by atoms with Gasteiger partial charge in [-0.1, -0.05) is 0 Å². The van der Waals surface area contributed by atoms with Gasteiger partial charge in [0.1, 0.15) is 0 Å². The SMILES string of the molecule is Cc1nc(N2CCCCC2)[nH]c(=O)c1CCCN(C)C. The van der Waals surface area contributed by atoms with Crippen LogP contribution in [0.3, 0.4) is 0 Å². The highest BCUT2D eigenvalue weighted by Crippen LogP contribution is 2.15. The molecular formula is C15H26N4O. The minimum atomic E-state index is 0.0387. The lowest BCUT2D eigenvalue weighted by Crippen LogP contribution is -2.33. The Morgan fingerprint density at radius 3 is 2.55 bits per heavy atom. The summed E-state index contributed by atoms with van der Waals surface area (Å²) in [6.45, 7) is 4.95. The van der Waals surface area contributed by atoms with Crippen LogP contribution in [0.2, 0.25) is 0 Å². The highest BCUT2D eigenvalue weighted by molar-refractivity contribution is 5.33. The van der Waals surface area contributed by atoms with Gasteiger partial charge in [-0.15, -0.1) is 0 Å². The lowest BCUT2D eigenvalue weighted by molar-refractivity contribution is 0.400. The van der Waals surface area contributed by atoms with Crippen molar-refractivity contribution in [2.45, 2.75) is 39.0 Å². The van der Waals surface area contributed by atoms with E-state index in [1.807, 2.05) is 6.92 Å². The fourth-order valence-corrected chi connectivity index (χ4v) is 2.72. The van der Waals surface area contributed by atoms with E-state index in [4.69, 9.17) is 0 Å². The molecule has 0 atom stereocenters. The molecule has 1 aromatic rings. The highest BCUT2D eigenvalue weighted by atomic mass is 16.1. The maximum atomic E-state index is 12.2. The monoisotopic (exact) mass is 278 g/mol. The van der Waals surface area contributed by atoms with E-state index in [2.05, 4.69) is 33.9 Å². The Labute approximate surface area is 121 Å². The molecule has 0 unspecified atom stereocenters. The van der Waals surface area contributed by atoms with Crippen molar-refractivity contribution in [3.8, 4) is 0 Å². The maximum Gasteiger partial charge on any atom is 0.255 e. The first-order chi connectivity index (χ1) is 9.58. The number of piperidine rings is 1. The van der Waals surface area contributed by atoms with Crippen LogP contribution in [0.15, 0.2) is 4.79 Å². The molecule has 2 rings (SSSR count). The van der Waals surface area contributed by atoms with Crippen molar-refractivity contribution >= 4 is 5.95 Å². The van der Waals surface area contributed by atoms with E-state index < -0.39 is 0 Å². The standard InChI is InChI=1S/C15H26N4O/c1-12-13(8-7-9-18(2)3)14(20)17-15(16-12)19-10-5-4-6-11-19/h4-11H2,1-3H3,(H,16,17,20). The minimum Gasteiger partial charge on any atom is -0.342 e. The molecule has 0 amide bonds. The third-order valence-electron chi connectivity index (χ3n) is 3.90. The van der Waals surface area contributed by atoms with Gasteiger partial charge in [-0.2, -0.15) is 0 Å². The van der Waals surface area contributed by atoms with Crippen LogP contribution in [-0.4, -0.2) is 48.6 Å². The lowest BCUT2D eigenvalue weighted by atomic mass is 10.1. The van der Waals surface area contributed by atoms with E-state index in [-0.39, 0.29) is 5.56 Å². The fourth-order valence-electron chi connectivity index (χ4n) is 2.72. The van der Waals surface area contributed by atoms with Crippen molar-refractivity contribution in [1.29, 1.82) is 0 Å². The Kier molecular flexibility index (Phi) is 5.17. The zero-order valence-electron chi connectivity index (χ0n) is 12.9. The quantitative estimate of drug-likeness (QED) is 0.888. The van der Waals surface area contributed by atoms with E-state index in [1.54, 1.807) is 0 Å². The molecule has 1 aliphatic heterocycles. The third kappa shape index (κ3) is 3.82. The molecule has 0 aliphatic carbocycles. The van der Waals surface area contributed by atoms with E-state index in [1.165, 1.54) is 19.3 Å². The molecule has 1 N–H and O–H groups in total. The molecule has 112 valence electrons. The first-order valence-corrected chi connectivity index (χ1v) is 7.57. The Balaban J connectivity index is 2.09. The van der Waals surface area contributed by atoms with Gasteiger partial charge in [-0.3, -0.25) is 9.78 Å².